The van der Waals surface area contributed by atoms with Gasteiger partial charge in [-0.2, -0.15) is 0 Å². The van der Waals surface area contributed by atoms with Gasteiger partial charge in [0.25, 0.3) is 0 Å². The van der Waals surface area contributed by atoms with E-state index in [0.29, 0.717) is 17.8 Å². The Morgan fingerprint density at radius 3 is 2.29 bits per heavy atom. The molecule has 5 heteroatoms. The molecule has 0 aromatic rings. The van der Waals surface area contributed by atoms with Crippen molar-refractivity contribution < 1.29 is 40.3 Å². The molecule has 1 heterocycles. The maximum atomic E-state index is 14.0. The number of allylic oxidation sites excluding steroid dienone is 2. The molecule has 0 aliphatic carbocycles. The number of amides is 1. The summed E-state index contributed by atoms with van der Waals surface area (Å²) >= 11 is 0. The summed E-state index contributed by atoms with van der Waals surface area (Å²) in [5, 5.41) is 2.74. The molecular formula is C16H25FN2OU. The van der Waals surface area contributed by atoms with Crippen LogP contribution in [0.1, 0.15) is 20.8 Å². The number of carbonyl (C=O) groups excluding carboxylic acids is 1. The van der Waals surface area contributed by atoms with E-state index in [-0.39, 0.29) is 42.9 Å². The maximum Gasteiger partial charge on any atom is 0.229 e. The van der Waals surface area contributed by atoms with Crippen LogP contribution in [0.15, 0.2) is 49.2 Å². The fourth-order valence-electron chi connectivity index (χ4n) is 2.26. The molecule has 1 amide bonds. The number of hydrogen-bond acceptors (Lipinski definition) is 2. The second kappa shape index (κ2) is 9.27. The molecule has 0 aromatic carbocycles. The van der Waals surface area contributed by atoms with Crippen LogP contribution in [0.4, 0.5) is 4.39 Å². The fraction of sp³-hybridized carbons (Fsp3) is 0.438. The fourth-order valence-corrected chi connectivity index (χ4v) is 2.26. The number of rotatable bonds is 4. The topological polar surface area (TPSA) is 55.1 Å². The van der Waals surface area contributed by atoms with Gasteiger partial charge in [0, 0.05) is 49.3 Å². The summed E-state index contributed by atoms with van der Waals surface area (Å²) in [5.74, 6) is -0.853. The average Bonchev–Trinajstić information content (AvgIpc) is 2.73. The first-order chi connectivity index (χ1) is 9.20. The molecule has 3 nitrogen and oxygen atoms in total. The number of halogens is 1. The monoisotopic (exact) mass is 518 g/mol. The number of alkyl halides is 1. The molecule has 1 fully saturated rings. The van der Waals surface area contributed by atoms with Crippen LogP contribution in [0.5, 0.6) is 0 Å². The van der Waals surface area contributed by atoms with Crippen molar-refractivity contribution in [1.82, 2.24) is 5.32 Å². The first-order valence-electron chi connectivity index (χ1n) is 6.44. The van der Waals surface area contributed by atoms with Crippen LogP contribution in [0, 0.1) is 42.9 Å². The second-order valence-corrected chi connectivity index (χ2v) is 5.16. The van der Waals surface area contributed by atoms with Gasteiger partial charge < -0.3 is 11.1 Å². The molecule has 1 aliphatic rings. The molecule has 0 spiro atoms. The average molecular weight is 518 g/mol. The van der Waals surface area contributed by atoms with Gasteiger partial charge in [0.1, 0.15) is 5.67 Å². The summed E-state index contributed by atoms with van der Waals surface area (Å²) in [6, 6.07) is 0. The Bertz CT molecular complexity index is 438. The molecule has 0 aromatic heterocycles. The summed E-state index contributed by atoms with van der Waals surface area (Å²) in [6.07, 6.45) is 1.61. The molecule has 2 atom stereocenters. The van der Waals surface area contributed by atoms with Gasteiger partial charge in [-0.25, -0.2) is 4.39 Å². The van der Waals surface area contributed by atoms with Gasteiger partial charge in [-0.1, -0.05) is 19.2 Å². The number of nitrogens with two attached hydrogens (primary N) is 1. The Morgan fingerprint density at radius 1 is 1.48 bits per heavy atom. The van der Waals surface area contributed by atoms with Crippen LogP contribution in [0.2, 0.25) is 0 Å². The van der Waals surface area contributed by atoms with Gasteiger partial charge in [-0.05, 0) is 31.9 Å². The zero-order valence-corrected chi connectivity index (χ0v) is 17.3. The van der Waals surface area contributed by atoms with Crippen LogP contribution in [-0.4, -0.2) is 18.1 Å². The van der Waals surface area contributed by atoms with Crippen LogP contribution >= 0.6 is 0 Å². The van der Waals surface area contributed by atoms with Crippen molar-refractivity contribution in [2.75, 3.05) is 6.54 Å². The van der Waals surface area contributed by atoms with Crippen molar-refractivity contribution in [2.24, 2.45) is 17.6 Å². The Hall–Kier alpha value is -0.788. The van der Waals surface area contributed by atoms with E-state index in [2.05, 4.69) is 31.6 Å². The summed E-state index contributed by atoms with van der Waals surface area (Å²) in [5.41, 5.74) is 5.84. The number of nitrogens with one attached hydrogen (secondary N) is 1. The molecule has 1 aliphatic heterocycles. The molecule has 21 heavy (non-hydrogen) atoms. The smallest absolute Gasteiger partial charge is 0.229 e. The summed E-state index contributed by atoms with van der Waals surface area (Å²) in [7, 11) is 0. The standard InChI is InChI=1S/C14H21FN2O.C2H4.U/c1-6-10(8(2)14(4,5)15)11-7-17-13(18)12(11)9(3)16;1-2;/h6,11-12H,1,3,7,16H2,2,4-5H3,(H,17,18);1-2H2;/b10-8-;;/t11-,12-;;/m1../s1. The number of hydrogen-bond donors (Lipinski definition) is 2. The minimum absolute atomic E-state index is 0. The zero-order valence-electron chi connectivity index (χ0n) is 13.1. The Labute approximate surface area is 151 Å². The minimum atomic E-state index is -1.45. The van der Waals surface area contributed by atoms with Crippen molar-refractivity contribution in [2.45, 2.75) is 26.4 Å². The third kappa shape index (κ3) is 5.49. The van der Waals surface area contributed by atoms with Crippen LogP contribution in [0.25, 0.3) is 0 Å². The number of carbonyl (C=O) groups is 1. The van der Waals surface area contributed by atoms with Gasteiger partial charge >= 0.3 is 0 Å². The predicted molar refractivity (Wildman–Crippen MR) is 82.7 cm³/mol. The molecule has 0 bridgehead atoms. The molecule has 0 saturated carbocycles. The molecule has 0 radical (unpaired) electrons. The molecule has 1 rings (SSSR count). The van der Waals surface area contributed by atoms with Crippen molar-refractivity contribution in [3.63, 3.8) is 0 Å². The van der Waals surface area contributed by atoms with Gasteiger partial charge in [0.05, 0.1) is 5.92 Å². The van der Waals surface area contributed by atoms with Crippen LogP contribution in [-0.2, 0) is 4.79 Å². The molecule has 3 N–H and O–H groups in total. The minimum Gasteiger partial charge on any atom is -0.402 e. The van der Waals surface area contributed by atoms with Crippen molar-refractivity contribution in [3.05, 3.63) is 49.2 Å². The Kier molecular flexibility index (Phi) is 9.93. The van der Waals surface area contributed by atoms with Crippen molar-refractivity contribution in [1.29, 1.82) is 0 Å². The maximum absolute atomic E-state index is 14.0. The van der Waals surface area contributed by atoms with Crippen LogP contribution in [0.3, 0.4) is 0 Å². The largest absolute Gasteiger partial charge is 0.402 e. The van der Waals surface area contributed by atoms with E-state index in [1.165, 1.54) is 13.8 Å². The van der Waals surface area contributed by atoms with E-state index in [1.54, 1.807) is 13.0 Å². The first kappa shape index (κ1) is 22.5. The third-order valence-corrected chi connectivity index (χ3v) is 3.52. The second-order valence-electron chi connectivity index (χ2n) is 5.16. The van der Waals surface area contributed by atoms with E-state index in [9.17, 15) is 9.18 Å². The quantitative estimate of drug-likeness (QED) is 0.445. The zero-order chi connectivity index (χ0) is 16.1. The SMILES string of the molecule is C=C.C=C/C(=C(\C)C(C)(C)F)[C@H]1CNC(=O)[C@@H]1C(=C)N.[U]. The third-order valence-electron chi connectivity index (χ3n) is 3.52. The molecule has 116 valence electrons. The van der Waals surface area contributed by atoms with Gasteiger partial charge in [0.15, 0.2) is 0 Å². The molecule has 1 saturated heterocycles. The van der Waals surface area contributed by atoms with E-state index >= 15 is 0 Å². The summed E-state index contributed by atoms with van der Waals surface area (Å²) in [4.78, 5) is 11.7. The Morgan fingerprint density at radius 2 is 1.95 bits per heavy atom. The normalized spacial score (nSPS) is 22.0. The molecule has 0 unspecified atom stereocenters. The van der Waals surface area contributed by atoms with E-state index in [4.69, 9.17) is 5.73 Å². The van der Waals surface area contributed by atoms with Gasteiger partial charge in [-0.15, -0.1) is 13.2 Å². The first-order valence-corrected chi connectivity index (χ1v) is 6.44. The van der Waals surface area contributed by atoms with Crippen LogP contribution < -0.4 is 11.1 Å². The van der Waals surface area contributed by atoms with E-state index < -0.39 is 11.6 Å². The summed E-state index contributed by atoms with van der Waals surface area (Å²) < 4.78 is 14.0. The summed E-state index contributed by atoms with van der Waals surface area (Å²) in [6.45, 7) is 18.5. The Balaban J connectivity index is 0. The van der Waals surface area contributed by atoms with Gasteiger partial charge in [-0.3, -0.25) is 4.79 Å². The van der Waals surface area contributed by atoms with Crippen molar-refractivity contribution >= 4 is 5.91 Å². The molecular weight excluding hydrogens is 493 g/mol. The van der Waals surface area contributed by atoms with Crippen molar-refractivity contribution in [3.8, 4) is 0 Å². The van der Waals surface area contributed by atoms with E-state index in [1.807, 2.05) is 0 Å². The van der Waals surface area contributed by atoms with Gasteiger partial charge in [0.2, 0.25) is 5.91 Å². The predicted octanol–water partition coefficient (Wildman–Crippen LogP) is 2.87. The van der Waals surface area contributed by atoms with E-state index in [0.717, 1.165) is 5.57 Å².